The molecule has 1 aromatic rings. The predicted octanol–water partition coefficient (Wildman–Crippen LogP) is 2.11. The topological polar surface area (TPSA) is 72.6 Å². The van der Waals surface area contributed by atoms with Gasteiger partial charge in [0.2, 0.25) is 10.0 Å². The lowest BCUT2D eigenvalue weighted by atomic mass is 10.0. The van der Waals surface area contributed by atoms with Crippen LogP contribution in [-0.4, -0.2) is 31.9 Å². The van der Waals surface area contributed by atoms with E-state index in [0.29, 0.717) is 12.3 Å². The summed E-state index contributed by atoms with van der Waals surface area (Å²) in [5.74, 6) is 0.364. The zero-order chi connectivity index (χ0) is 15.6. The van der Waals surface area contributed by atoms with E-state index < -0.39 is 10.0 Å². The number of rotatable bonds is 4. The van der Waals surface area contributed by atoms with Crippen LogP contribution in [0.25, 0.3) is 0 Å². The lowest BCUT2D eigenvalue weighted by Gasteiger charge is -2.37. The molecule has 5 nitrogen and oxygen atoms in total. The molecule has 0 amide bonds. The highest BCUT2D eigenvalue weighted by Crippen LogP contribution is 2.34. The maximum absolute atomic E-state index is 13.0. The van der Waals surface area contributed by atoms with Gasteiger partial charge in [0.05, 0.1) is 7.11 Å². The summed E-state index contributed by atoms with van der Waals surface area (Å²) in [5.41, 5.74) is 6.46. The predicted molar refractivity (Wildman–Crippen MR) is 82.7 cm³/mol. The minimum Gasteiger partial charge on any atom is -0.495 e. The quantitative estimate of drug-likeness (QED) is 0.924. The number of piperidine rings is 1. The molecule has 1 saturated heterocycles. The van der Waals surface area contributed by atoms with Gasteiger partial charge in [-0.3, -0.25) is 0 Å². The van der Waals surface area contributed by atoms with Crippen LogP contribution >= 0.6 is 0 Å². The van der Waals surface area contributed by atoms with Crippen molar-refractivity contribution >= 4 is 10.0 Å². The van der Waals surface area contributed by atoms with E-state index in [4.69, 9.17) is 10.5 Å². The largest absolute Gasteiger partial charge is 0.495 e. The minimum atomic E-state index is -3.56. The van der Waals surface area contributed by atoms with E-state index in [0.717, 1.165) is 24.8 Å². The Kier molecular flexibility index (Phi) is 4.91. The number of hydrogen-bond acceptors (Lipinski definition) is 4. The molecule has 0 aliphatic carbocycles. The van der Waals surface area contributed by atoms with Crippen molar-refractivity contribution < 1.29 is 13.2 Å². The molecule has 0 aromatic heterocycles. The van der Waals surface area contributed by atoms with Crippen LogP contribution in [0.1, 0.15) is 38.7 Å². The van der Waals surface area contributed by atoms with Crippen LogP contribution in [0.4, 0.5) is 0 Å². The van der Waals surface area contributed by atoms with Crippen LogP contribution in [0.2, 0.25) is 0 Å². The molecule has 2 atom stereocenters. The summed E-state index contributed by atoms with van der Waals surface area (Å²) in [6.07, 6.45) is 2.86. The SMILES string of the molecule is COc1cc(CN)ccc1S(=O)(=O)N1C(C)CCCC1C. The summed E-state index contributed by atoms with van der Waals surface area (Å²) < 4.78 is 32.9. The summed E-state index contributed by atoms with van der Waals surface area (Å²) in [6.45, 7) is 4.29. The first-order valence-electron chi connectivity index (χ1n) is 7.32. The lowest BCUT2D eigenvalue weighted by Crippen LogP contribution is -2.47. The van der Waals surface area contributed by atoms with E-state index in [1.54, 1.807) is 22.5 Å². The Morgan fingerprint density at radius 3 is 2.43 bits per heavy atom. The number of nitrogens with two attached hydrogens (primary N) is 1. The van der Waals surface area contributed by atoms with Crippen molar-refractivity contribution in [3.8, 4) is 5.75 Å². The molecule has 0 spiro atoms. The average Bonchev–Trinajstić information content (AvgIpc) is 2.46. The first-order chi connectivity index (χ1) is 9.91. The molecule has 21 heavy (non-hydrogen) atoms. The highest BCUT2D eigenvalue weighted by atomic mass is 32.2. The van der Waals surface area contributed by atoms with Gasteiger partial charge in [-0.15, -0.1) is 0 Å². The number of sulfonamides is 1. The zero-order valence-corrected chi connectivity index (χ0v) is 13.7. The second kappa shape index (κ2) is 6.34. The standard InChI is InChI=1S/C15H24N2O3S/c1-11-5-4-6-12(2)17(11)21(18,19)15-8-7-13(10-16)9-14(15)20-3/h7-9,11-12H,4-6,10,16H2,1-3H3. The fraction of sp³-hybridized carbons (Fsp3) is 0.600. The van der Waals surface area contributed by atoms with Crippen LogP contribution in [0.15, 0.2) is 23.1 Å². The zero-order valence-electron chi connectivity index (χ0n) is 12.9. The Hall–Kier alpha value is -1.11. The molecular formula is C15H24N2O3S. The van der Waals surface area contributed by atoms with Gasteiger partial charge >= 0.3 is 0 Å². The molecule has 1 aliphatic rings. The third kappa shape index (κ3) is 3.07. The van der Waals surface area contributed by atoms with Gasteiger partial charge in [-0.2, -0.15) is 4.31 Å². The summed E-state index contributed by atoms with van der Waals surface area (Å²) in [4.78, 5) is 0.225. The fourth-order valence-electron chi connectivity index (χ4n) is 3.04. The van der Waals surface area contributed by atoms with Crippen LogP contribution < -0.4 is 10.5 Å². The van der Waals surface area contributed by atoms with Crippen molar-refractivity contribution in [2.24, 2.45) is 5.73 Å². The summed E-state index contributed by atoms with van der Waals surface area (Å²) in [7, 11) is -2.08. The van der Waals surface area contributed by atoms with Gasteiger partial charge in [0.1, 0.15) is 10.6 Å². The molecule has 2 unspecified atom stereocenters. The molecule has 1 aromatic carbocycles. The second-order valence-electron chi connectivity index (χ2n) is 5.65. The highest BCUT2D eigenvalue weighted by Gasteiger charge is 2.37. The fourth-order valence-corrected chi connectivity index (χ4v) is 5.06. The number of nitrogens with zero attached hydrogens (tertiary/aromatic N) is 1. The number of methoxy groups -OCH3 is 1. The monoisotopic (exact) mass is 312 g/mol. The van der Waals surface area contributed by atoms with Gasteiger partial charge in [0.25, 0.3) is 0 Å². The van der Waals surface area contributed by atoms with Gasteiger partial charge in [-0.25, -0.2) is 8.42 Å². The first-order valence-corrected chi connectivity index (χ1v) is 8.76. The lowest BCUT2D eigenvalue weighted by molar-refractivity contribution is 0.203. The van der Waals surface area contributed by atoms with E-state index >= 15 is 0 Å². The third-order valence-corrected chi connectivity index (χ3v) is 6.30. The van der Waals surface area contributed by atoms with Gasteiger partial charge < -0.3 is 10.5 Å². The molecule has 2 N–H and O–H groups in total. The minimum absolute atomic E-state index is 0.0117. The summed E-state index contributed by atoms with van der Waals surface area (Å²) in [6, 6.07) is 5.07. The van der Waals surface area contributed by atoms with Gasteiger partial charge in [-0.05, 0) is 44.4 Å². The molecule has 0 radical (unpaired) electrons. The summed E-state index contributed by atoms with van der Waals surface area (Å²) in [5, 5.41) is 0. The Labute approximate surface area is 127 Å². The third-order valence-electron chi connectivity index (χ3n) is 4.13. The Bertz CT molecular complexity index is 591. The highest BCUT2D eigenvalue weighted by molar-refractivity contribution is 7.89. The first kappa shape index (κ1) is 16.3. The molecular weight excluding hydrogens is 288 g/mol. The molecule has 0 saturated carbocycles. The van der Waals surface area contributed by atoms with Crippen LogP contribution in [0.3, 0.4) is 0 Å². The van der Waals surface area contributed by atoms with E-state index in [1.807, 2.05) is 13.8 Å². The van der Waals surface area contributed by atoms with E-state index in [-0.39, 0.29) is 17.0 Å². The van der Waals surface area contributed by atoms with Gasteiger partial charge in [0, 0.05) is 18.6 Å². The number of benzene rings is 1. The van der Waals surface area contributed by atoms with Crippen molar-refractivity contribution in [1.29, 1.82) is 0 Å². The molecule has 1 fully saturated rings. The van der Waals surface area contributed by atoms with E-state index in [9.17, 15) is 8.42 Å². The van der Waals surface area contributed by atoms with E-state index in [2.05, 4.69) is 0 Å². The smallest absolute Gasteiger partial charge is 0.247 e. The van der Waals surface area contributed by atoms with Crippen molar-refractivity contribution in [2.75, 3.05) is 7.11 Å². The number of hydrogen-bond donors (Lipinski definition) is 1. The Morgan fingerprint density at radius 2 is 1.90 bits per heavy atom. The second-order valence-corrected chi connectivity index (χ2v) is 7.46. The van der Waals surface area contributed by atoms with Crippen molar-refractivity contribution in [3.05, 3.63) is 23.8 Å². The van der Waals surface area contributed by atoms with Crippen LogP contribution in [0, 0.1) is 0 Å². The number of ether oxygens (including phenoxy) is 1. The molecule has 2 rings (SSSR count). The van der Waals surface area contributed by atoms with Crippen LogP contribution in [-0.2, 0) is 16.6 Å². The Morgan fingerprint density at radius 1 is 1.29 bits per heavy atom. The van der Waals surface area contributed by atoms with Crippen molar-refractivity contribution in [1.82, 2.24) is 4.31 Å². The molecule has 0 bridgehead atoms. The van der Waals surface area contributed by atoms with Crippen LogP contribution in [0.5, 0.6) is 5.75 Å². The van der Waals surface area contributed by atoms with E-state index in [1.165, 1.54) is 7.11 Å². The van der Waals surface area contributed by atoms with Crippen molar-refractivity contribution in [2.45, 2.75) is 56.6 Å². The Balaban J connectivity index is 2.48. The molecule has 6 heteroatoms. The molecule has 118 valence electrons. The van der Waals surface area contributed by atoms with Gasteiger partial charge in [-0.1, -0.05) is 12.5 Å². The molecule has 1 heterocycles. The molecule has 1 aliphatic heterocycles. The summed E-state index contributed by atoms with van der Waals surface area (Å²) >= 11 is 0. The van der Waals surface area contributed by atoms with Crippen molar-refractivity contribution in [3.63, 3.8) is 0 Å². The normalized spacial score (nSPS) is 24.0. The maximum Gasteiger partial charge on any atom is 0.247 e. The van der Waals surface area contributed by atoms with Gasteiger partial charge in [0.15, 0.2) is 0 Å². The average molecular weight is 312 g/mol. The maximum atomic E-state index is 13.0.